The first-order chi connectivity index (χ1) is 19.6. The predicted octanol–water partition coefficient (Wildman–Crippen LogP) is 6.71. The van der Waals surface area contributed by atoms with Crippen LogP contribution in [0.15, 0.2) is 77.7 Å². The van der Waals surface area contributed by atoms with Crippen molar-refractivity contribution in [1.29, 1.82) is 0 Å². The average molecular weight is 637 g/mol. The molecule has 0 aromatic heterocycles. The summed E-state index contributed by atoms with van der Waals surface area (Å²) in [5.41, 5.74) is 0.715. The minimum absolute atomic E-state index is 0.00529. The number of carbonyl (C=O) groups excluding carboxylic acids is 2. The summed E-state index contributed by atoms with van der Waals surface area (Å²) < 4.78 is 28.7. The Balaban J connectivity index is 1.70. The summed E-state index contributed by atoms with van der Waals surface area (Å²) in [7, 11) is -4.24. The maximum atomic E-state index is 14.1. The van der Waals surface area contributed by atoms with Gasteiger partial charge in [-0.15, -0.1) is 0 Å². The summed E-state index contributed by atoms with van der Waals surface area (Å²) in [6, 6.07) is 18.3. The summed E-state index contributed by atoms with van der Waals surface area (Å²) in [5.74, 6) is -0.902. The minimum atomic E-state index is -4.24. The van der Waals surface area contributed by atoms with E-state index in [1.54, 1.807) is 49.4 Å². The average Bonchev–Trinajstić information content (AvgIpc) is 2.96. The maximum Gasteiger partial charge on any atom is 0.264 e. The zero-order valence-electron chi connectivity index (χ0n) is 22.6. The Labute approximate surface area is 256 Å². The Morgan fingerprint density at radius 2 is 1.56 bits per heavy atom. The molecule has 41 heavy (non-hydrogen) atoms. The van der Waals surface area contributed by atoms with Gasteiger partial charge in [0.15, 0.2) is 0 Å². The van der Waals surface area contributed by atoms with Gasteiger partial charge >= 0.3 is 0 Å². The summed E-state index contributed by atoms with van der Waals surface area (Å²) in [4.78, 5) is 28.8. The molecule has 218 valence electrons. The van der Waals surface area contributed by atoms with Crippen LogP contribution in [0.25, 0.3) is 0 Å². The fraction of sp³-hybridized carbons (Fsp3) is 0.333. The van der Waals surface area contributed by atoms with E-state index >= 15 is 0 Å². The van der Waals surface area contributed by atoms with E-state index in [4.69, 9.17) is 34.8 Å². The van der Waals surface area contributed by atoms with Crippen molar-refractivity contribution < 1.29 is 18.0 Å². The van der Waals surface area contributed by atoms with Crippen molar-refractivity contribution in [3.63, 3.8) is 0 Å². The molecule has 11 heteroatoms. The molecule has 0 radical (unpaired) electrons. The van der Waals surface area contributed by atoms with Gasteiger partial charge in [0, 0.05) is 22.6 Å². The number of halogens is 3. The molecule has 0 heterocycles. The van der Waals surface area contributed by atoms with Gasteiger partial charge < -0.3 is 10.2 Å². The zero-order chi connectivity index (χ0) is 29.6. The summed E-state index contributed by atoms with van der Waals surface area (Å²) in [5, 5.41) is 3.88. The van der Waals surface area contributed by atoms with Crippen LogP contribution in [0.4, 0.5) is 5.69 Å². The Morgan fingerprint density at radius 3 is 2.22 bits per heavy atom. The number of carbonyl (C=O) groups is 2. The van der Waals surface area contributed by atoms with Crippen molar-refractivity contribution in [2.45, 2.75) is 62.6 Å². The standard InChI is InChI=1S/C30H32Cl3N3O4S/c1-21(30(38)34-24-11-4-2-5-12-24)35(19-22-10-8-9-15-26(22)32)29(37)20-36(28-17-16-23(31)18-27(28)33)41(39,40)25-13-6-3-7-14-25/h3,6-10,13-18,21,24H,2,4-5,11-12,19-20H2,1H3,(H,34,38). The number of nitrogens with one attached hydrogen (secondary N) is 1. The van der Waals surface area contributed by atoms with Gasteiger partial charge in [0.05, 0.1) is 15.6 Å². The Bertz CT molecular complexity index is 1480. The molecule has 1 N–H and O–H groups in total. The van der Waals surface area contributed by atoms with Gasteiger partial charge in [-0.2, -0.15) is 0 Å². The van der Waals surface area contributed by atoms with Crippen LogP contribution in [0.5, 0.6) is 0 Å². The number of sulfonamides is 1. The van der Waals surface area contributed by atoms with E-state index in [2.05, 4.69) is 5.32 Å². The van der Waals surface area contributed by atoms with Gasteiger partial charge in [0.1, 0.15) is 12.6 Å². The van der Waals surface area contributed by atoms with E-state index in [1.165, 1.54) is 35.2 Å². The molecule has 1 saturated carbocycles. The van der Waals surface area contributed by atoms with E-state index < -0.39 is 28.5 Å². The Morgan fingerprint density at radius 1 is 0.902 bits per heavy atom. The van der Waals surface area contributed by atoms with Crippen LogP contribution in [-0.2, 0) is 26.2 Å². The third kappa shape index (κ3) is 7.74. The molecule has 0 bridgehead atoms. The zero-order valence-corrected chi connectivity index (χ0v) is 25.7. The summed E-state index contributed by atoms with van der Waals surface area (Å²) in [6.45, 7) is 1.04. The number of benzene rings is 3. The number of hydrogen-bond acceptors (Lipinski definition) is 4. The fourth-order valence-electron chi connectivity index (χ4n) is 4.88. The highest BCUT2D eigenvalue weighted by Gasteiger charge is 2.34. The first-order valence-corrected chi connectivity index (χ1v) is 16.0. The van der Waals surface area contributed by atoms with Crippen LogP contribution in [0.1, 0.15) is 44.6 Å². The largest absolute Gasteiger partial charge is 0.352 e. The Hall–Kier alpha value is -2.78. The molecule has 1 atom stereocenters. The molecule has 1 unspecified atom stereocenters. The van der Waals surface area contributed by atoms with Crippen LogP contribution in [0, 0.1) is 0 Å². The lowest BCUT2D eigenvalue weighted by Crippen LogP contribution is -2.53. The number of nitrogens with zero attached hydrogens (tertiary/aromatic N) is 2. The SMILES string of the molecule is CC(C(=O)NC1CCCCC1)N(Cc1ccccc1Cl)C(=O)CN(c1ccc(Cl)cc1Cl)S(=O)(=O)c1ccccc1. The van der Waals surface area contributed by atoms with E-state index in [0.29, 0.717) is 15.6 Å². The van der Waals surface area contributed by atoms with Crippen molar-refractivity contribution in [2.24, 2.45) is 0 Å². The van der Waals surface area contributed by atoms with E-state index in [9.17, 15) is 18.0 Å². The predicted molar refractivity (Wildman–Crippen MR) is 164 cm³/mol. The quantitative estimate of drug-likeness (QED) is 0.268. The highest BCUT2D eigenvalue weighted by Crippen LogP contribution is 2.33. The second-order valence-corrected chi connectivity index (χ2v) is 13.2. The summed E-state index contributed by atoms with van der Waals surface area (Å²) >= 11 is 19.0. The van der Waals surface area contributed by atoms with E-state index in [1.807, 2.05) is 0 Å². The number of amides is 2. The van der Waals surface area contributed by atoms with Crippen molar-refractivity contribution >= 4 is 62.3 Å². The second kappa shape index (κ2) is 13.9. The highest BCUT2D eigenvalue weighted by atomic mass is 35.5. The normalized spacial score (nSPS) is 14.7. The molecule has 2 amide bonds. The molecule has 7 nitrogen and oxygen atoms in total. The number of rotatable bonds is 10. The van der Waals surface area contributed by atoms with E-state index in [-0.39, 0.29) is 34.1 Å². The number of anilines is 1. The fourth-order valence-corrected chi connectivity index (χ4v) is 7.09. The van der Waals surface area contributed by atoms with Crippen molar-refractivity contribution in [1.82, 2.24) is 10.2 Å². The van der Waals surface area contributed by atoms with Gasteiger partial charge in [0.25, 0.3) is 10.0 Å². The van der Waals surface area contributed by atoms with Crippen molar-refractivity contribution in [2.75, 3.05) is 10.8 Å². The molecule has 0 saturated heterocycles. The molecule has 1 aliphatic carbocycles. The lowest BCUT2D eigenvalue weighted by atomic mass is 9.95. The van der Waals surface area contributed by atoms with Crippen LogP contribution in [0.2, 0.25) is 15.1 Å². The smallest absolute Gasteiger partial charge is 0.264 e. The van der Waals surface area contributed by atoms with Gasteiger partial charge in [-0.25, -0.2) is 8.42 Å². The molecule has 0 aliphatic heterocycles. The van der Waals surface area contributed by atoms with E-state index in [0.717, 1.165) is 36.4 Å². The molecular formula is C30H32Cl3N3O4S. The Kier molecular flexibility index (Phi) is 10.6. The second-order valence-electron chi connectivity index (χ2n) is 10.1. The lowest BCUT2D eigenvalue weighted by Gasteiger charge is -2.33. The van der Waals surface area contributed by atoms with Crippen LogP contribution in [0.3, 0.4) is 0 Å². The molecule has 0 spiro atoms. The van der Waals surface area contributed by atoms with Gasteiger partial charge in [0.2, 0.25) is 11.8 Å². The third-order valence-electron chi connectivity index (χ3n) is 7.21. The van der Waals surface area contributed by atoms with Gasteiger partial charge in [-0.05, 0) is 61.7 Å². The molecule has 4 rings (SSSR count). The summed E-state index contributed by atoms with van der Waals surface area (Å²) in [6.07, 6.45) is 4.98. The van der Waals surface area contributed by atoms with Crippen LogP contribution >= 0.6 is 34.8 Å². The minimum Gasteiger partial charge on any atom is -0.352 e. The first-order valence-electron chi connectivity index (χ1n) is 13.4. The molecule has 3 aromatic carbocycles. The highest BCUT2D eigenvalue weighted by molar-refractivity contribution is 7.92. The van der Waals surface area contributed by atoms with Gasteiger partial charge in [-0.3, -0.25) is 13.9 Å². The molecular weight excluding hydrogens is 605 g/mol. The van der Waals surface area contributed by atoms with Crippen molar-refractivity contribution in [3.05, 3.63) is 93.4 Å². The third-order valence-corrected chi connectivity index (χ3v) is 9.89. The van der Waals surface area contributed by atoms with Crippen LogP contribution < -0.4 is 9.62 Å². The van der Waals surface area contributed by atoms with Crippen molar-refractivity contribution in [3.8, 4) is 0 Å². The molecule has 3 aromatic rings. The van der Waals surface area contributed by atoms with Gasteiger partial charge in [-0.1, -0.05) is 90.5 Å². The molecule has 1 aliphatic rings. The number of hydrogen-bond donors (Lipinski definition) is 1. The lowest BCUT2D eigenvalue weighted by molar-refractivity contribution is -0.139. The topological polar surface area (TPSA) is 86.8 Å². The monoisotopic (exact) mass is 635 g/mol. The van der Waals surface area contributed by atoms with Crippen LogP contribution in [-0.4, -0.2) is 43.8 Å². The molecule has 1 fully saturated rings. The first kappa shape index (κ1) is 31.2. The maximum absolute atomic E-state index is 14.1.